The maximum atomic E-state index is 12.6. The van der Waals surface area contributed by atoms with Crippen LogP contribution in [0.1, 0.15) is 155 Å². The van der Waals surface area contributed by atoms with Crippen LogP contribution in [-0.2, 0) is 26.8 Å². The molecule has 64 heavy (non-hydrogen) atoms. The normalized spacial score (nSPS) is 21.5. The lowest BCUT2D eigenvalue weighted by Gasteiger charge is -2.09. The first kappa shape index (κ1) is 56.2. The second kappa shape index (κ2) is 35.4. The van der Waals surface area contributed by atoms with Gasteiger partial charge in [-0.2, -0.15) is 13.2 Å². The number of halogens is 3. The fourth-order valence-corrected chi connectivity index (χ4v) is 6.76. The molecule has 3 heterocycles. The first-order chi connectivity index (χ1) is 30.8. The van der Waals surface area contributed by atoms with Crippen LogP contribution in [0.3, 0.4) is 0 Å². The van der Waals surface area contributed by atoms with Gasteiger partial charge in [0, 0.05) is 0 Å². The topological polar surface area (TPSA) is 46.8 Å². The summed E-state index contributed by atoms with van der Waals surface area (Å²) >= 11 is 0. The van der Waals surface area contributed by atoms with Crippen molar-refractivity contribution in [1.82, 2.24) is 0 Å². The molecule has 0 spiro atoms. The van der Waals surface area contributed by atoms with Gasteiger partial charge in [0.25, 0.3) is 0 Å². The second-order valence-corrected chi connectivity index (χ2v) is 16.5. The van der Waals surface area contributed by atoms with Gasteiger partial charge in [0.05, 0.1) is 36.1 Å². The molecule has 6 atom stereocenters. The molecule has 0 radical (unpaired) electrons. The largest absolute Gasteiger partial charge is 0.491 e. The lowest BCUT2D eigenvalue weighted by atomic mass is 10.1. The van der Waals surface area contributed by atoms with Crippen LogP contribution in [0.15, 0.2) is 140 Å². The van der Waals surface area contributed by atoms with Crippen LogP contribution < -0.4 is 4.74 Å². The molecule has 4 nitrogen and oxygen atoms in total. The number of allylic oxidation sites excluding steroid dienone is 10. The highest BCUT2D eigenvalue weighted by Gasteiger charge is 2.39. The van der Waals surface area contributed by atoms with Crippen LogP contribution in [0.2, 0.25) is 0 Å². The van der Waals surface area contributed by atoms with Gasteiger partial charge in [-0.3, -0.25) is 0 Å². The van der Waals surface area contributed by atoms with Crippen molar-refractivity contribution in [2.45, 2.75) is 193 Å². The molecule has 0 aliphatic carbocycles. The van der Waals surface area contributed by atoms with Crippen molar-refractivity contribution in [3.63, 3.8) is 0 Å². The summed E-state index contributed by atoms with van der Waals surface area (Å²) in [5, 5.41) is 0. The molecule has 0 aromatic heterocycles. The highest BCUT2D eigenvalue weighted by molar-refractivity contribution is 5.30. The standard InChI is InChI=1S/C20H25F3O2.C20H28O.C16H26O.CH4/c1-2-3-4-5-6-7-8-9-13-18-19(25-18)15-24-17-12-10-11-16(14-17)20(21,22)23;1-2-3-4-5-6-7-8-12-15-19-20(21-19)17-16-18-13-10-9-11-14-18;1-3-5-7-8-9-10-11-12-14-16-15(17-16)13-6-4-2;/h5-6,8-12,14,18-19H,2-4,7,13,15H2,1H3;5-6,8-14,19-20H,2-4,7,15-17H2,1H3;4,6,8-9,11-12,15-16H,3,5,7,10,13-14H2,1-2H3;1H4/b6-5-,9-8-;6-5-,12-8-;6-4-,9-8-,12-11-;/t18-,19+;19-,20+;15-,16+;/m110./s1. The Bertz CT molecular complexity index is 1660. The van der Waals surface area contributed by atoms with Crippen molar-refractivity contribution in [2.24, 2.45) is 0 Å². The molecule has 356 valence electrons. The van der Waals surface area contributed by atoms with Crippen molar-refractivity contribution < 1.29 is 32.1 Å². The zero-order chi connectivity index (χ0) is 45.2. The SMILES string of the molecule is C.C/C=C\C[C@@H]1O[C@@H]1C/C=C\C/C=C\CCCC.CCCC/C=C\C/C=C\C[C@H]1O[C@H]1CCc1ccccc1.CCCC/C=C\C/C=C\C[C@H]1O[C@H]1COc1cccc(C(F)(F)F)c1. The molecule has 0 bridgehead atoms. The van der Waals surface area contributed by atoms with E-state index in [9.17, 15) is 13.2 Å². The maximum Gasteiger partial charge on any atom is 0.416 e. The molecular weight excluding hydrogens is 806 g/mol. The van der Waals surface area contributed by atoms with Crippen LogP contribution in [0.25, 0.3) is 0 Å². The monoisotopic (exact) mass is 889 g/mol. The number of hydrogen-bond donors (Lipinski definition) is 0. The van der Waals surface area contributed by atoms with Crippen molar-refractivity contribution in [3.05, 3.63) is 151 Å². The van der Waals surface area contributed by atoms with Crippen LogP contribution in [0.5, 0.6) is 5.75 Å². The van der Waals surface area contributed by atoms with Gasteiger partial charge in [-0.15, -0.1) is 0 Å². The summed E-state index contributed by atoms with van der Waals surface area (Å²) in [7, 11) is 0. The van der Waals surface area contributed by atoms with Gasteiger partial charge in [0.2, 0.25) is 0 Å². The van der Waals surface area contributed by atoms with E-state index in [1.54, 1.807) is 0 Å². The number of unbranched alkanes of at least 4 members (excludes halogenated alkanes) is 6. The predicted molar refractivity (Wildman–Crippen MR) is 265 cm³/mol. The van der Waals surface area contributed by atoms with Crippen LogP contribution in [-0.4, -0.2) is 43.2 Å². The number of aryl methyl sites for hydroxylation is 1. The maximum absolute atomic E-state index is 12.6. The summed E-state index contributed by atoms with van der Waals surface area (Å²) in [5.74, 6) is 0.219. The minimum Gasteiger partial charge on any atom is -0.491 e. The average Bonchev–Trinajstić information content (AvgIpc) is 4.23. The Labute approximate surface area is 387 Å². The second-order valence-electron chi connectivity index (χ2n) is 16.5. The molecule has 0 saturated carbocycles. The van der Waals surface area contributed by atoms with Gasteiger partial charge >= 0.3 is 6.18 Å². The van der Waals surface area contributed by atoms with Gasteiger partial charge in [-0.05, 0) is 108 Å². The molecule has 0 amide bonds. The predicted octanol–water partition coefficient (Wildman–Crippen LogP) is 16.8. The van der Waals surface area contributed by atoms with Crippen molar-refractivity contribution >= 4 is 0 Å². The first-order valence-corrected chi connectivity index (χ1v) is 24.1. The Morgan fingerprint density at radius 3 is 1.48 bits per heavy atom. The highest BCUT2D eigenvalue weighted by atomic mass is 19.4. The molecule has 0 N–H and O–H groups in total. The minimum atomic E-state index is -4.35. The van der Waals surface area contributed by atoms with E-state index in [1.807, 2.05) is 0 Å². The van der Waals surface area contributed by atoms with Gasteiger partial charge in [-0.1, -0.05) is 188 Å². The summed E-state index contributed by atoms with van der Waals surface area (Å²) in [5.41, 5.74) is 0.715. The van der Waals surface area contributed by atoms with Crippen LogP contribution >= 0.6 is 0 Å². The van der Waals surface area contributed by atoms with Crippen LogP contribution in [0, 0.1) is 0 Å². The molecular formula is C57H83F3O4. The fourth-order valence-electron chi connectivity index (χ4n) is 6.76. The van der Waals surface area contributed by atoms with E-state index in [0.29, 0.717) is 24.4 Å². The Kier molecular flexibility index (Phi) is 31.1. The van der Waals surface area contributed by atoms with E-state index in [4.69, 9.17) is 18.9 Å². The molecule has 3 fully saturated rings. The summed E-state index contributed by atoms with van der Waals surface area (Å²) < 4.78 is 60.1. The van der Waals surface area contributed by atoms with Gasteiger partial charge in [0.1, 0.15) is 18.5 Å². The van der Waals surface area contributed by atoms with E-state index < -0.39 is 11.7 Å². The summed E-state index contributed by atoms with van der Waals surface area (Å²) in [6.07, 6.45) is 49.1. The summed E-state index contributed by atoms with van der Waals surface area (Å²) in [4.78, 5) is 0. The molecule has 3 aliphatic heterocycles. The Balaban J connectivity index is 0.000000334. The highest BCUT2D eigenvalue weighted by Crippen LogP contribution is 2.33. The Hall–Kier alpha value is -3.91. The molecule has 2 aromatic carbocycles. The third-order valence-electron chi connectivity index (χ3n) is 10.9. The summed E-state index contributed by atoms with van der Waals surface area (Å²) in [6, 6.07) is 15.6. The number of benzene rings is 2. The van der Waals surface area contributed by atoms with E-state index in [-0.39, 0.29) is 32.0 Å². The summed E-state index contributed by atoms with van der Waals surface area (Å²) in [6.45, 7) is 8.97. The van der Waals surface area contributed by atoms with Crippen LogP contribution in [0.4, 0.5) is 13.2 Å². The number of alkyl halides is 3. The Morgan fingerprint density at radius 2 is 0.984 bits per heavy atom. The smallest absolute Gasteiger partial charge is 0.416 e. The number of rotatable bonds is 29. The number of epoxide rings is 3. The van der Waals surface area contributed by atoms with E-state index in [2.05, 4.69) is 143 Å². The first-order valence-electron chi connectivity index (χ1n) is 24.1. The average molecular weight is 889 g/mol. The molecule has 3 saturated heterocycles. The molecule has 7 heteroatoms. The van der Waals surface area contributed by atoms with E-state index in [0.717, 1.165) is 76.3 Å². The van der Waals surface area contributed by atoms with Gasteiger partial charge in [-0.25, -0.2) is 0 Å². The van der Waals surface area contributed by atoms with E-state index >= 15 is 0 Å². The zero-order valence-corrected chi connectivity index (χ0v) is 38.9. The number of hydrogen-bond acceptors (Lipinski definition) is 4. The third kappa shape index (κ3) is 28.1. The number of ether oxygens (including phenoxy) is 4. The molecule has 5 rings (SSSR count). The van der Waals surface area contributed by atoms with Gasteiger partial charge in [0.15, 0.2) is 0 Å². The molecule has 3 aliphatic rings. The molecule has 2 aromatic rings. The van der Waals surface area contributed by atoms with Crippen molar-refractivity contribution in [1.29, 1.82) is 0 Å². The lowest BCUT2D eigenvalue weighted by Crippen LogP contribution is -2.09. The van der Waals surface area contributed by atoms with Crippen molar-refractivity contribution in [2.75, 3.05) is 6.61 Å². The van der Waals surface area contributed by atoms with Crippen molar-refractivity contribution in [3.8, 4) is 5.75 Å². The molecule has 0 unspecified atom stereocenters. The minimum absolute atomic E-state index is 0. The fraction of sp³-hybridized carbons (Fsp3) is 0.544. The van der Waals surface area contributed by atoms with E-state index in [1.165, 1.54) is 69.1 Å². The third-order valence-corrected chi connectivity index (χ3v) is 10.9. The lowest BCUT2D eigenvalue weighted by molar-refractivity contribution is -0.137. The zero-order valence-electron chi connectivity index (χ0n) is 38.9. The van der Waals surface area contributed by atoms with Gasteiger partial charge < -0.3 is 18.9 Å². The quantitative estimate of drug-likeness (QED) is 0.0464. The Morgan fingerprint density at radius 1 is 0.531 bits per heavy atom.